The first-order valence-electron chi connectivity index (χ1n) is 10.9. The molecule has 3 aliphatic rings. The van der Waals surface area contributed by atoms with Gasteiger partial charge >= 0.3 is 0 Å². The second-order valence-electron chi connectivity index (χ2n) is 8.28. The quantitative estimate of drug-likeness (QED) is 0.704. The molecule has 0 spiro atoms. The Labute approximate surface area is 182 Å². The molecule has 5 atom stereocenters. The zero-order valence-corrected chi connectivity index (χ0v) is 17.8. The first-order valence-corrected chi connectivity index (χ1v) is 10.9. The van der Waals surface area contributed by atoms with E-state index in [9.17, 15) is 5.11 Å². The normalized spacial score (nSPS) is 31.0. The van der Waals surface area contributed by atoms with Gasteiger partial charge in [-0.25, -0.2) is 0 Å². The number of piperazine rings is 1. The van der Waals surface area contributed by atoms with Crippen LogP contribution < -0.4 is 15.0 Å². The van der Waals surface area contributed by atoms with Crippen LogP contribution in [-0.4, -0.2) is 85.5 Å². The molecule has 3 saturated heterocycles. The number of benzene rings is 1. The average molecular weight is 427 g/mol. The maximum atomic E-state index is 11.3. The van der Waals surface area contributed by atoms with Crippen LogP contribution in [0.2, 0.25) is 0 Å². The Kier molecular flexibility index (Phi) is 6.06. The molecule has 4 heterocycles. The second kappa shape index (κ2) is 9.10. The molecular formula is C23H30N4O4. The van der Waals surface area contributed by atoms with Crippen LogP contribution in [0.25, 0.3) is 0 Å². The molecule has 3 aliphatic heterocycles. The Morgan fingerprint density at radius 3 is 2.71 bits per heavy atom. The molecule has 3 fully saturated rings. The van der Waals surface area contributed by atoms with Gasteiger partial charge in [0, 0.05) is 38.9 Å². The molecule has 1 aromatic carbocycles. The SMILES string of the molecule is COc1ccccc1N1CCN(C2C3OCC(O3)C(NCc3ccccn3)C2O)CC1. The lowest BCUT2D eigenvalue weighted by Crippen LogP contribution is -2.66. The fraction of sp³-hybridized carbons (Fsp3) is 0.522. The summed E-state index contributed by atoms with van der Waals surface area (Å²) >= 11 is 0. The van der Waals surface area contributed by atoms with Gasteiger partial charge in [0.25, 0.3) is 0 Å². The maximum absolute atomic E-state index is 11.3. The van der Waals surface area contributed by atoms with E-state index in [1.807, 2.05) is 36.4 Å². The van der Waals surface area contributed by atoms with E-state index in [0.717, 1.165) is 43.3 Å². The number of aliphatic hydroxyl groups is 1. The van der Waals surface area contributed by atoms with Crippen LogP contribution in [0, 0.1) is 0 Å². The van der Waals surface area contributed by atoms with Gasteiger partial charge < -0.3 is 29.5 Å². The first kappa shape index (κ1) is 20.7. The average Bonchev–Trinajstić information content (AvgIpc) is 3.25. The summed E-state index contributed by atoms with van der Waals surface area (Å²) in [5, 5.41) is 14.7. The number of rotatable bonds is 6. The predicted octanol–water partition coefficient (Wildman–Crippen LogP) is 0.855. The molecule has 8 heteroatoms. The van der Waals surface area contributed by atoms with Gasteiger partial charge in [0.2, 0.25) is 0 Å². The maximum Gasteiger partial charge on any atom is 0.176 e. The van der Waals surface area contributed by atoms with Crippen molar-refractivity contribution in [1.29, 1.82) is 0 Å². The number of aromatic nitrogens is 1. The van der Waals surface area contributed by atoms with Crippen molar-refractivity contribution in [2.24, 2.45) is 0 Å². The summed E-state index contributed by atoms with van der Waals surface area (Å²) in [6, 6.07) is 13.6. The summed E-state index contributed by atoms with van der Waals surface area (Å²) in [7, 11) is 1.71. The molecule has 0 amide bonds. The molecule has 1 aromatic heterocycles. The topological polar surface area (TPSA) is 79.3 Å². The van der Waals surface area contributed by atoms with Gasteiger partial charge in [0.1, 0.15) is 11.9 Å². The van der Waals surface area contributed by atoms with Gasteiger partial charge in [-0.2, -0.15) is 0 Å². The van der Waals surface area contributed by atoms with Gasteiger partial charge in [-0.1, -0.05) is 18.2 Å². The van der Waals surface area contributed by atoms with Gasteiger partial charge in [-0.15, -0.1) is 0 Å². The number of hydrogen-bond acceptors (Lipinski definition) is 8. The summed E-state index contributed by atoms with van der Waals surface area (Å²) in [6.07, 6.45) is 0.678. The zero-order valence-electron chi connectivity index (χ0n) is 17.8. The number of hydrogen-bond donors (Lipinski definition) is 2. The Hall–Kier alpha value is -2.23. The predicted molar refractivity (Wildman–Crippen MR) is 116 cm³/mol. The van der Waals surface area contributed by atoms with E-state index >= 15 is 0 Å². The number of anilines is 1. The minimum atomic E-state index is -0.576. The lowest BCUT2D eigenvalue weighted by atomic mass is 9.94. The smallest absolute Gasteiger partial charge is 0.176 e. The molecule has 0 aliphatic carbocycles. The highest BCUT2D eigenvalue weighted by Crippen LogP contribution is 2.33. The minimum Gasteiger partial charge on any atom is -0.495 e. The van der Waals surface area contributed by atoms with Crippen LogP contribution in [0.5, 0.6) is 5.75 Å². The van der Waals surface area contributed by atoms with Crippen molar-refractivity contribution < 1.29 is 19.3 Å². The van der Waals surface area contributed by atoms with Gasteiger partial charge in [-0.3, -0.25) is 9.88 Å². The largest absolute Gasteiger partial charge is 0.495 e. The summed E-state index contributed by atoms with van der Waals surface area (Å²) in [4.78, 5) is 9.00. The number of ether oxygens (including phenoxy) is 3. The molecule has 2 bridgehead atoms. The summed E-state index contributed by atoms with van der Waals surface area (Å²) in [5.74, 6) is 0.887. The monoisotopic (exact) mass is 426 g/mol. The molecule has 0 saturated carbocycles. The number of nitrogens with one attached hydrogen (secondary N) is 1. The fourth-order valence-corrected chi connectivity index (χ4v) is 4.92. The number of pyridine rings is 1. The highest BCUT2D eigenvalue weighted by atomic mass is 16.7. The third-order valence-electron chi connectivity index (χ3n) is 6.54. The molecular weight excluding hydrogens is 396 g/mol. The highest BCUT2D eigenvalue weighted by molar-refractivity contribution is 5.58. The molecule has 5 rings (SSSR count). The van der Waals surface area contributed by atoms with E-state index in [4.69, 9.17) is 14.2 Å². The third kappa shape index (κ3) is 4.14. The van der Waals surface area contributed by atoms with Gasteiger partial charge in [-0.05, 0) is 24.3 Å². The number of para-hydroxylation sites is 2. The van der Waals surface area contributed by atoms with Gasteiger partial charge in [0.15, 0.2) is 6.29 Å². The van der Waals surface area contributed by atoms with Crippen molar-refractivity contribution in [2.75, 3.05) is 44.8 Å². The lowest BCUT2D eigenvalue weighted by Gasteiger charge is -2.47. The van der Waals surface area contributed by atoms with Gasteiger partial charge in [0.05, 0.1) is 43.3 Å². The summed E-state index contributed by atoms with van der Waals surface area (Å²) in [5.41, 5.74) is 2.05. The highest BCUT2D eigenvalue weighted by Gasteiger charge is 2.52. The molecule has 0 radical (unpaired) electrons. The lowest BCUT2D eigenvalue weighted by molar-refractivity contribution is -0.183. The summed E-state index contributed by atoms with van der Waals surface area (Å²) < 4.78 is 17.6. The molecule has 5 unspecified atom stereocenters. The molecule has 166 valence electrons. The first-order chi connectivity index (χ1) is 15.2. The number of aliphatic hydroxyl groups excluding tert-OH is 1. The van der Waals surface area contributed by atoms with Crippen molar-refractivity contribution in [2.45, 2.75) is 37.1 Å². The van der Waals surface area contributed by atoms with Crippen LogP contribution in [0.15, 0.2) is 48.7 Å². The van der Waals surface area contributed by atoms with Crippen molar-refractivity contribution in [3.8, 4) is 5.75 Å². The standard InChI is InChI=1S/C23H30N4O4/c1-29-18-8-3-2-7-17(18)26-10-12-27(13-11-26)21-22(28)20(19-15-30-23(21)31-19)25-14-16-6-4-5-9-24-16/h2-9,19-23,25,28H,10-15H2,1H3. The Bertz CT molecular complexity index is 862. The summed E-state index contributed by atoms with van der Waals surface area (Å²) in [6.45, 7) is 4.43. The van der Waals surface area contributed by atoms with Crippen LogP contribution >= 0.6 is 0 Å². The minimum absolute atomic E-state index is 0.144. The molecule has 8 nitrogen and oxygen atoms in total. The number of fused-ring (bicyclic) bond motifs is 2. The molecule has 2 aromatic rings. The van der Waals surface area contributed by atoms with Crippen LogP contribution in [0.1, 0.15) is 5.69 Å². The van der Waals surface area contributed by atoms with Crippen LogP contribution in [0.4, 0.5) is 5.69 Å². The fourth-order valence-electron chi connectivity index (χ4n) is 4.92. The van der Waals surface area contributed by atoms with Crippen LogP contribution in [-0.2, 0) is 16.0 Å². The Morgan fingerprint density at radius 2 is 1.94 bits per heavy atom. The third-order valence-corrected chi connectivity index (χ3v) is 6.54. The van der Waals surface area contributed by atoms with E-state index in [1.54, 1.807) is 13.3 Å². The van der Waals surface area contributed by atoms with E-state index in [1.165, 1.54) is 0 Å². The zero-order chi connectivity index (χ0) is 21.2. The number of nitrogens with zero attached hydrogens (tertiary/aromatic N) is 3. The van der Waals surface area contributed by atoms with Crippen LogP contribution in [0.3, 0.4) is 0 Å². The van der Waals surface area contributed by atoms with Crippen molar-refractivity contribution >= 4 is 5.69 Å². The van der Waals surface area contributed by atoms with Crippen molar-refractivity contribution in [1.82, 2.24) is 15.2 Å². The Morgan fingerprint density at radius 1 is 1.13 bits per heavy atom. The Balaban J connectivity index is 1.24. The van der Waals surface area contributed by atoms with E-state index < -0.39 is 6.10 Å². The van der Waals surface area contributed by atoms with E-state index in [0.29, 0.717) is 13.2 Å². The van der Waals surface area contributed by atoms with Crippen molar-refractivity contribution in [3.05, 3.63) is 54.4 Å². The number of methoxy groups -OCH3 is 1. The van der Waals surface area contributed by atoms with E-state index in [-0.39, 0.29) is 24.5 Å². The van der Waals surface area contributed by atoms with E-state index in [2.05, 4.69) is 26.2 Å². The molecule has 31 heavy (non-hydrogen) atoms. The van der Waals surface area contributed by atoms with Crippen molar-refractivity contribution in [3.63, 3.8) is 0 Å². The molecule has 2 N–H and O–H groups in total. The second-order valence-corrected chi connectivity index (χ2v) is 8.28.